The molecule has 0 radical (unpaired) electrons. The predicted molar refractivity (Wildman–Crippen MR) is 136 cm³/mol. The number of nitrogens with zero attached hydrogens (tertiary/aromatic N) is 3. The number of rotatable bonds is 9. The molecule has 2 saturated heterocycles. The molecule has 3 aliphatic heterocycles. The van der Waals surface area contributed by atoms with Gasteiger partial charge in [0.25, 0.3) is 11.8 Å². The van der Waals surface area contributed by atoms with E-state index >= 15 is 0 Å². The van der Waals surface area contributed by atoms with Crippen molar-refractivity contribution in [1.29, 1.82) is 0 Å². The number of carboxylic acid groups (broad SMARTS) is 1. The largest absolute Gasteiger partial charge is 0.478 e. The van der Waals surface area contributed by atoms with Gasteiger partial charge in [-0.05, 0) is 45.4 Å². The molecule has 2 fully saturated rings. The fraction of sp³-hybridized carbons (Fsp3) is 0.545. The molecule has 4 rings (SSSR count). The Labute approximate surface area is 220 Å². The summed E-state index contributed by atoms with van der Waals surface area (Å²) in [4.78, 5) is 60.1. The van der Waals surface area contributed by atoms with Crippen LogP contribution < -0.4 is 16.4 Å². The molecule has 1 aromatic rings. The number of fused-ring (bicyclic) bond motifs is 1. The molecule has 4 heterocycles. The number of aromatic nitrogens is 1. The van der Waals surface area contributed by atoms with Crippen molar-refractivity contribution in [2.75, 3.05) is 31.2 Å². The molecule has 2 atom stereocenters. The van der Waals surface area contributed by atoms with Crippen molar-refractivity contribution in [3.05, 3.63) is 22.8 Å². The van der Waals surface area contributed by atoms with Gasteiger partial charge in [0.15, 0.2) is 10.8 Å². The summed E-state index contributed by atoms with van der Waals surface area (Å²) in [5.74, 6) is -2.17. The number of nitrogens with two attached hydrogens (primary N) is 1. The van der Waals surface area contributed by atoms with Crippen LogP contribution in [0.4, 0.5) is 5.13 Å². The third-order valence-corrected chi connectivity index (χ3v) is 8.11. The average Bonchev–Trinajstić information content (AvgIpc) is 3.31. The van der Waals surface area contributed by atoms with Gasteiger partial charge in [0.05, 0.1) is 5.92 Å². The van der Waals surface area contributed by atoms with Crippen LogP contribution in [0.1, 0.15) is 32.4 Å². The first-order chi connectivity index (χ1) is 17.6. The number of thioether (sulfide) groups is 1. The Morgan fingerprint density at radius 2 is 2.08 bits per heavy atom. The quantitative estimate of drug-likeness (QED) is 0.141. The molecule has 200 valence electrons. The van der Waals surface area contributed by atoms with Crippen LogP contribution in [0.5, 0.6) is 0 Å². The number of aliphatic carboxylic acids is 1. The van der Waals surface area contributed by atoms with E-state index in [1.54, 1.807) is 6.20 Å². The molecule has 0 saturated carbocycles. The average molecular weight is 553 g/mol. The number of nitrogens with one attached hydrogen (secondary N) is 2. The summed E-state index contributed by atoms with van der Waals surface area (Å²) >= 11 is 2.50. The first-order valence-corrected chi connectivity index (χ1v) is 13.5. The van der Waals surface area contributed by atoms with Crippen LogP contribution in [0.15, 0.2) is 22.3 Å². The Balaban J connectivity index is 1.38. The maximum absolute atomic E-state index is 13.1. The van der Waals surface area contributed by atoms with E-state index in [1.807, 2.05) is 0 Å². The van der Waals surface area contributed by atoms with Crippen molar-refractivity contribution in [3.8, 4) is 0 Å². The topological polar surface area (TPSA) is 186 Å². The molecular weight excluding hydrogens is 524 g/mol. The number of amides is 2. The lowest BCUT2D eigenvalue weighted by Crippen LogP contribution is -2.69. The van der Waals surface area contributed by atoms with Crippen LogP contribution in [0, 0.1) is 5.92 Å². The number of thiazole rings is 1. The summed E-state index contributed by atoms with van der Waals surface area (Å²) in [7, 11) is 0. The molecule has 2 amide bonds. The van der Waals surface area contributed by atoms with Crippen LogP contribution in [-0.2, 0) is 28.8 Å². The van der Waals surface area contributed by atoms with Gasteiger partial charge in [0.2, 0.25) is 5.60 Å². The van der Waals surface area contributed by atoms with Gasteiger partial charge in [0.1, 0.15) is 23.7 Å². The number of carbonyl (C=O) groups is 4. The number of nitrogen functional groups attached to an aromatic ring is 1. The normalized spacial score (nSPS) is 22.4. The zero-order valence-electron chi connectivity index (χ0n) is 20.3. The first kappa shape index (κ1) is 26.9. The lowest BCUT2D eigenvalue weighted by Gasteiger charge is -2.47. The summed E-state index contributed by atoms with van der Waals surface area (Å²) in [6.45, 7) is 4.26. The van der Waals surface area contributed by atoms with Crippen molar-refractivity contribution < 1.29 is 33.9 Å². The fourth-order valence-electron chi connectivity index (χ4n) is 3.79. The van der Waals surface area contributed by atoms with E-state index in [2.05, 4.69) is 20.8 Å². The second-order valence-corrected chi connectivity index (χ2v) is 11.2. The molecular formula is C22H28N6O7S2. The SMILES string of the molecule is CC(C)(ON=C(C(=O)NC1C(=O)N2C=C(COC(=O)C3CCNCC3)CS[C@H]12)c1csc(N)n1)C(=O)O. The molecule has 1 unspecified atom stereocenters. The monoisotopic (exact) mass is 552 g/mol. The molecule has 0 bridgehead atoms. The highest BCUT2D eigenvalue weighted by molar-refractivity contribution is 8.00. The minimum absolute atomic E-state index is 0.0962. The number of carboxylic acids is 1. The smallest absolute Gasteiger partial charge is 0.350 e. The molecule has 37 heavy (non-hydrogen) atoms. The van der Waals surface area contributed by atoms with Crippen LogP contribution in [0.25, 0.3) is 0 Å². The number of ether oxygens (including phenoxy) is 1. The van der Waals surface area contributed by atoms with Crippen LogP contribution >= 0.6 is 23.1 Å². The lowest BCUT2D eigenvalue weighted by molar-refractivity contribution is -0.161. The van der Waals surface area contributed by atoms with Gasteiger partial charge in [-0.1, -0.05) is 5.16 Å². The maximum atomic E-state index is 13.1. The summed E-state index contributed by atoms with van der Waals surface area (Å²) in [5, 5.41) is 20.2. The standard InChI is InChI=1S/C22H28N6O7S2/c1-22(2,20(32)33)35-27-14(13-10-37-21(23)25-13)16(29)26-15-17(30)28-7-11(9-36-18(15)28)8-34-19(31)12-3-5-24-6-4-12/h7,10,12,15,18,24H,3-6,8-9H2,1-2H3,(H2,23,25)(H,26,29)(H,32,33)/t15?,18-/m1/s1. The van der Waals surface area contributed by atoms with Crippen LogP contribution in [0.3, 0.4) is 0 Å². The van der Waals surface area contributed by atoms with Gasteiger partial charge in [-0.25, -0.2) is 9.78 Å². The first-order valence-electron chi connectivity index (χ1n) is 11.6. The van der Waals surface area contributed by atoms with Crippen molar-refractivity contribution >= 4 is 57.7 Å². The maximum Gasteiger partial charge on any atom is 0.350 e. The van der Waals surface area contributed by atoms with E-state index in [0.717, 1.165) is 42.8 Å². The zero-order valence-corrected chi connectivity index (χ0v) is 21.9. The Kier molecular flexibility index (Phi) is 8.04. The third-order valence-electron chi connectivity index (χ3n) is 6.06. The minimum Gasteiger partial charge on any atom is -0.478 e. The summed E-state index contributed by atoms with van der Waals surface area (Å²) in [6, 6.07) is -0.832. The number of hydrogen-bond donors (Lipinski definition) is 4. The number of hydrogen-bond acceptors (Lipinski definition) is 12. The molecule has 3 aliphatic rings. The summed E-state index contributed by atoms with van der Waals surface area (Å²) in [6.07, 6.45) is 3.16. The van der Waals surface area contributed by atoms with E-state index in [-0.39, 0.29) is 46.3 Å². The van der Waals surface area contributed by atoms with E-state index in [0.29, 0.717) is 5.75 Å². The van der Waals surface area contributed by atoms with Crippen LogP contribution in [-0.4, -0.2) is 86.9 Å². The molecule has 5 N–H and O–H groups in total. The van der Waals surface area contributed by atoms with Gasteiger partial charge >= 0.3 is 11.9 Å². The fourth-order valence-corrected chi connectivity index (χ4v) is 5.58. The van der Waals surface area contributed by atoms with E-state index < -0.39 is 23.5 Å². The third kappa shape index (κ3) is 6.05. The number of anilines is 1. The van der Waals surface area contributed by atoms with Crippen LogP contribution in [0.2, 0.25) is 0 Å². The molecule has 0 spiro atoms. The summed E-state index contributed by atoms with van der Waals surface area (Å²) < 4.78 is 5.47. The van der Waals surface area contributed by atoms with Gasteiger partial charge in [-0.15, -0.1) is 23.1 Å². The highest BCUT2D eigenvalue weighted by Crippen LogP contribution is 2.36. The molecule has 0 aliphatic carbocycles. The highest BCUT2D eigenvalue weighted by atomic mass is 32.2. The van der Waals surface area contributed by atoms with E-state index in [9.17, 15) is 24.3 Å². The number of carbonyl (C=O) groups excluding carboxylic acids is 3. The lowest BCUT2D eigenvalue weighted by atomic mass is 9.98. The Hall–Kier alpha value is -3.17. The Morgan fingerprint density at radius 1 is 1.35 bits per heavy atom. The molecule has 1 aromatic heterocycles. The van der Waals surface area contributed by atoms with E-state index in [4.69, 9.17) is 15.3 Å². The molecule has 0 aromatic carbocycles. The van der Waals surface area contributed by atoms with Gasteiger partial charge in [-0.3, -0.25) is 14.4 Å². The predicted octanol–water partition coefficient (Wildman–Crippen LogP) is 0.136. The van der Waals surface area contributed by atoms with Crippen molar-refractivity contribution in [3.63, 3.8) is 0 Å². The number of oxime groups is 1. The Bertz CT molecular complexity index is 1140. The minimum atomic E-state index is -1.70. The van der Waals surface area contributed by atoms with Gasteiger partial charge in [0, 0.05) is 17.3 Å². The van der Waals surface area contributed by atoms with Crippen molar-refractivity contribution in [2.45, 2.75) is 43.7 Å². The number of esters is 1. The second kappa shape index (κ2) is 11.1. The number of piperidine rings is 1. The van der Waals surface area contributed by atoms with E-state index in [1.165, 1.54) is 35.9 Å². The van der Waals surface area contributed by atoms with Crippen molar-refractivity contribution in [1.82, 2.24) is 20.5 Å². The Morgan fingerprint density at radius 3 is 2.73 bits per heavy atom. The summed E-state index contributed by atoms with van der Waals surface area (Å²) in [5.41, 5.74) is 4.57. The number of β-lactam (4-membered cyclic amide) rings is 1. The van der Waals surface area contributed by atoms with Gasteiger partial charge < -0.3 is 35.9 Å². The molecule has 15 heteroatoms. The second-order valence-electron chi connectivity index (χ2n) is 9.24. The highest BCUT2D eigenvalue weighted by Gasteiger charge is 2.50. The molecule has 13 nitrogen and oxygen atoms in total. The van der Waals surface area contributed by atoms with Gasteiger partial charge in [-0.2, -0.15) is 0 Å². The zero-order chi connectivity index (χ0) is 26.7. The van der Waals surface area contributed by atoms with Crippen molar-refractivity contribution in [2.24, 2.45) is 11.1 Å².